The molecule has 27 heavy (non-hydrogen) atoms. The molecule has 0 radical (unpaired) electrons. The van der Waals surface area contributed by atoms with Crippen LogP contribution in [0.5, 0.6) is 11.5 Å². The van der Waals surface area contributed by atoms with Crippen LogP contribution in [-0.2, 0) is 4.79 Å². The smallest absolute Gasteiger partial charge is 0.252 e. The zero-order valence-electron chi connectivity index (χ0n) is 14.0. The number of para-hydroxylation sites is 2. The van der Waals surface area contributed by atoms with Crippen LogP contribution >= 0.6 is 23.2 Å². The van der Waals surface area contributed by atoms with Gasteiger partial charge in [-0.2, -0.15) is 5.10 Å². The summed E-state index contributed by atoms with van der Waals surface area (Å²) in [5, 5.41) is 5.06. The minimum absolute atomic E-state index is 0.250. The maximum absolute atomic E-state index is 12.9. The average molecular weight is 397 g/mol. The SMILES string of the molecule is O=C(N/N=C/c1ccc(Cl)cc1Cl)C1c2ccccc2Oc2ccccc21. The molecule has 4 nitrogen and oxygen atoms in total. The maximum atomic E-state index is 12.9. The van der Waals surface area contributed by atoms with Crippen molar-refractivity contribution in [1.82, 2.24) is 5.43 Å². The number of carbonyl (C=O) groups is 1. The molecule has 0 aromatic heterocycles. The highest BCUT2D eigenvalue weighted by Gasteiger charge is 2.32. The number of hydrogen-bond donors (Lipinski definition) is 1. The molecule has 0 bridgehead atoms. The highest BCUT2D eigenvalue weighted by Crippen LogP contribution is 2.43. The molecule has 3 aromatic carbocycles. The average Bonchev–Trinajstić information content (AvgIpc) is 2.67. The zero-order chi connectivity index (χ0) is 18.8. The van der Waals surface area contributed by atoms with Crippen LogP contribution in [0.1, 0.15) is 22.6 Å². The third kappa shape index (κ3) is 3.54. The Morgan fingerprint density at radius 3 is 2.22 bits per heavy atom. The minimum atomic E-state index is -0.510. The molecule has 0 fully saturated rings. The quantitative estimate of drug-likeness (QED) is 0.477. The van der Waals surface area contributed by atoms with E-state index in [0.29, 0.717) is 27.1 Å². The van der Waals surface area contributed by atoms with Gasteiger partial charge in [0.15, 0.2) is 0 Å². The largest absolute Gasteiger partial charge is 0.457 e. The number of benzene rings is 3. The van der Waals surface area contributed by atoms with Crippen molar-refractivity contribution in [1.29, 1.82) is 0 Å². The van der Waals surface area contributed by atoms with E-state index in [0.717, 1.165) is 11.1 Å². The number of carbonyl (C=O) groups excluding carboxylic acids is 1. The Balaban J connectivity index is 1.61. The molecule has 1 N–H and O–H groups in total. The van der Waals surface area contributed by atoms with Gasteiger partial charge >= 0.3 is 0 Å². The number of rotatable bonds is 3. The van der Waals surface area contributed by atoms with Gasteiger partial charge in [0.2, 0.25) is 0 Å². The topological polar surface area (TPSA) is 50.7 Å². The Bertz CT molecular complexity index is 1000. The summed E-state index contributed by atoms with van der Waals surface area (Å²) < 4.78 is 5.91. The molecule has 1 heterocycles. The summed E-state index contributed by atoms with van der Waals surface area (Å²) in [5.74, 6) is 0.575. The molecule has 3 aromatic rings. The number of ether oxygens (including phenoxy) is 1. The van der Waals surface area contributed by atoms with Crippen LogP contribution in [0.4, 0.5) is 0 Å². The lowest BCUT2D eigenvalue weighted by Crippen LogP contribution is -2.28. The Kier molecular flexibility index (Phi) is 4.84. The molecule has 0 saturated heterocycles. The van der Waals surface area contributed by atoms with Gasteiger partial charge in [0.1, 0.15) is 11.5 Å². The molecule has 0 saturated carbocycles. The van der Waals surface area contributed by atoms with E-state index in [9.17, 15) is 4.79 Å². The number of hydrogen-bond acceptors (Lipinski definition) is 3. The normalized spacial score (nSPS) is 13.0. The van der Waals surface area contributed by atoms with Crippen molar-refractivity contribution in [3.63, 3.8) is 0 Å². The molecular formula is C21H14Cl2N2O2. The van der Waals surface area contributed by atoms with Crippen molar-refractivity contribution in [3.8, 4) is 11.5 Å². The van der Waals surface area contributed by atoms with Gasteiger partial charge in [-0.1, -0.05) is 65.7 Å². The molecular weight excluding hydrogens is 383 g/mol. The van der Waals surface area contributed by atoms with Gasteiger partial charge < -0.3 is 4.74 Å². The number of hydrazone groups is 1. The van der Waals surface area contributed by atoms with Crippen molar-refractivity contribution < 1.29 is 9.53 Å². The summed E-state index contributed by atoms with van der Waals surface area (Å²) in [7, 11) is 0. The van der Waals surface area contributed by atoms with E-state index >= 15 is 0 Å². The van der Waals surface area contributed by atoms with E-state index in [1.54, 1.807) is 18.2 Å². The fourth-order valence-electron chi connectivity index (χ4n) is 3.03. The summed E-state index contributed by atoms with van der Waals surface area (Å²) in [6.45, 7) is 0. The summed E-state index contributed by atoms with van der Waals surface area (Å²) in [6.07, 6.45) is 1.49. The molecule has 0 spiro atoms. The van der Waals surface area contributed by atoms with Crippen LogP contribution in [0.3, 0.4) is 0 Å². The van der Waals surface area contributed by atoms with Crippen molar-refractivity contribution in [2.24, 2.45) is 5.10 Å². The second-order valence-corrected chi connectivity index (χ2v) is 6.85. The monoisotopic (exact) mass is 396 g/mol. The highest BCUT2D eigenvalue weighted by atomic mass is 35.5. The Morgan fingerprint density at radius 2 is 1.59 bits per heavy atom. The van der Waals surface area contributed by atoms with E-state index in [2.05, 4.69) is 10.5 Å². The lowest BCUT2D eigenvalue weighted by atomic mass is 9.87. The molecule has 1 aliphatic rings. The second-order valence-electron chi connectivity index (χ2n) is 6.01. The number of fused-ring (bicyclic) bond motifs is 2. The van der Waals surface area contributed by atoms with Crippen molar-refractivity contribution in [2.45, 2.75) is 5.92 Å². The van der Waals surface area contributed by atoms with E-state index in [-0.39, 0.29) is 5.91 Å². The molecule has 1 amide bonds. The summed E-state index contributed by atoms with van der Waals surface area (Å²) in [4.78, 5) is 12.9. The number of nitrogens with one attached hydrogen (secondary N) is 1. The van der Waals surface area contributed by atoms with E-state index in [1.807, 2.05) is 48.5 Å². The first-order chi connectivity index (χ1) is 13.1. The van der Waals surface area contributed by atoms with Gasteiger partial charge in [0, 0.05) is 21.7 Å². The molecule has 0 aliphatic carbocycles. The third-order valence-corrected chi connectivity index (χ3v) is 4.85. The second kappa shape index (κ2) is 7.43. The van der Waals surface area contributed by atoms with E-state index in [4.69, 9.17) is 27.9 Å². The van der Waals surface area contributed by atoms with Crippen LogP contribution in [-0.4, -0.2) is 12.1 Å². The predicted molar refractivity (Wildman–Crippen MR) is 107 cm³/mol. The van der Waals surface area contributed by atoms with Crippen LogP contribution < -0.4 is 10.2 Å². The lowest BCUT2D eigenvalue weighted by molar-refractivity contribution is -0.121. The van der Waals surface area contributed by atoms with Crippen LogP contribution in [0, 0.1) is 0 Å². The predicted octanol–water partition coefficient (Wildman–Crippen LogP) is 5.38. The first-order valence-electron chi connectivity index (χ1n) is 8.27. The fraction of sp³-hybridized carbons (Fsp3) is 0.0476. The van der Waals surface area contributed by atoms with E-state index < -0.39 is 5.92 Å². The molecule has 6 heteroatoms. The van der Waals surface area contributed by atoms with Crippen molar-refractivity contribution >= 4 is 35.3 Å². The zero-order valence-corrected chi connectivity index (χ0v) is 15.5. The molecule has 1 aliphatic heterocycles. The number of nitrogens with zero attached hydrogens (tertiary/aromatic N) is 1. The highest BCUT2D eigenvalue weighted by molar-refractivity contribution is 6.36. The van der Waals surface area contributed by atoms with Gasteiger partial charge in [-0.3, -0.25) is 4.79 Å². The third-order valence-electron chi connectivity index (χ3n) is 4.28. The Morgan fingerprint density at radius 1 is 0.963 bits per heavy atom. The van der Waals surface area contributed by atoms with Crippen molar-refractivity contribution in [3.05, 3.63) is 93.5 Å². The van der Waals surface area contributed by atoms with Crippen LogP contribution in [0.25, 0.3) is 0 Å². The Hall–Kier alpha value is -2.82. The summed E-state index contributed by atoms with van der Waals surface area (Å²) >= 11 is 12.0. The summed E-state index contributed by atoms with van der Waals surface area (Å²) in [5.41, 5.74) is 4.87. The molecule has 134 valence electrons. The van der Waals surface area contributed by atoms with Gasteiger partial charge in [-0.25, -0.2) is 5.43 Å². The molecule has 0 unspecified atom stereocenters. The maximum Gasteiger partial charge on any atom is 0.252 e. The number of halogens is 2. The van der Waals surface area contributed by atoms with Gasteiger partial charge in [0.05, 0.1) is 17.2 Å². The fourth-order valence-corrected chi connectivity index (χ4v) is 3.49. The van der Waals surface area contributed by atoms with E-state index in [1.165, 1.54) is 6.21 Å². The van der Waals surface area contributed by atoms with Crippen LogP contribution in [0.15, 0.2) is 71.8 Å². The van der Waals surface area contributed by atoms with Crippen molar-refractivity contribution in [2.75, 3.05) is 0 Å². The molecule has 0 atom stereocenters. The number of amides is 1. The summed E-state index contributed by atoms with van der Waals surface area (Å²) in [6, 6.07) is 20.1. The minimum Gasteiger partial charge on any atom is -0.457 e. The standard InChI is InChI=1S/C21H14Cl2N2O2/c22-14-10-9-13(17(23)11-14)12-24-25-21(26)20-15-5-1-3-7-18(15)27-19-8-4-2-6-16(19)20/h1-12,20H,(H,25,26)/b24-12+. The Labute approximate surface area is 166 Å². The van der Waals surface area contributed by atoms with Gasteiger partial charge in [-0.05, 0) is 24.3 Å². The van der Waals surface area contributed by atoms with Crippen LogP contribution in [0.2, 0.25) is 10.0 Å². The lowest BCUT2D eigenvalue weighted by Gasteiger charge is -2.26. The first-order valence-corrected chi connectivity index (χ1v) is 9.03. The van der Waals surface area contributed by atoms with Gasteiger partial charge in [0.25, 0.3) is 5.91 Å². The first kappa shape index (κ1) is 17.6. The van der Waals surface area contributed by atoms with Gasteiger partial charge in [-0.15, -0.1) is 0 Å². The molecule has 4 rings (SSSR count).